The lowest BCUT2D eigenvalue weighted by Crippen LogP contribution is -2.22. The van der Waals surface area contributed by atoms with Crippen LogP contribution in [0.3, 0.4) is 0 Å². The normalized spacial score (nSPS) is 11.4. The van der Waals surface area contributed by atoms with Gasteiger partial charge in [-0.3, -0.25) is 0 Å². The number of hydrogen-bond acceptors (Lipinski definition) is 2. The predicted molar refractivity (Wildman–Crippen MR) is 184 cm³/mol. The monoisotopic (exact) mass is 594 g/mol. The zero-order chi connectivity index (χ0) is 30.3. The number of methoxy groups -OCH3 is 2. The van der Waals surface area contributed by atoms with Gasteiger partial charge in [0.25, 0.3) is 0 Å². The molecular formula is C40H32FO2P. The molecule has 216 valence electrons. The Balaban J connectivity index is 1.59. The van der Waals surface area contributed by atoms with Crippen molar-refractivity contribution in [1.82, 2.24) is 0 Å². The Morgan fingerprint density at radius 2 is 1.11 bits per heavy atom. The molecule has 6 aromatic rings. The molecule has 6 aromatic carbocycles. The van der Waals surface area contributed by atoms with Gasteiger partial charge in [0.15, 0.2) is 0 Å². The van der Waals surface area contributed by atoms with Crippen LogP contribution in [0.1, 0.15) is 16.7 Å². The van der Waals surface area contributed by atoms with E-state index in [1.54, 1.807) is 26.4 Å². The average Bonchev–Trinajstić information content (AvgIpc) is 3.09. The molecule has 0 aromatic heterocycles. The van der Waals surface area contributed by atoms with Gasteiger partial charge in [-0.15, -0.1) is 0 Å². The summed E-state index contributed by atoms with van der Waals surface area (Å²) >= 11 is 0. The molecule has 0 heterocycles. The van der Waals surface area contributed by atoms with Crippen LogP contribution in [0, 0.1) is 5.82 Å². The number of hydrogen-bond donors (Lipinski definition) is 0. The summed E-state index contributed by atoms with van der Waals surface area (Å²) in [6.07, 6.45) is 2.11. The second-order valence-corrected chi connectivity index (χ2v) is 12.5. The third-order valence-electron chi connectivity index (χ3n) is 7.56. The van der Waals surface area contributed by atoms with Crippen molar-refractivity contribution in [2.45, 2.75) is 0 Å². The molecule has 0 fully saturated rings. The SMILES string of the molecule is COc1ccc(/C=C(\c2ccc(OC)cc2)c2cc(F)ccc2-c2ccccc2P(c2ccccc2)c2ccccc2)cc1. The number of halogens is 1. The minimum atomic E-state index is -0.888. The lowest BCUT2D eigenvalue weighted by molar-refractivity contribution is 0.414. The van der Waals surface area contributed by atoms with Crippen molar-refractivity contribution in [2.75, 3.05) is 14.2 Å². The molecule has 44 heavy (non-hydrogen) atoms. The third-order valence-corrected chi connectivity index (χ3v) is 10.1. The molecule has 0 unspecified atom stereocenters. The van der Waals surface area contributed by atoms with Gasteiger partial charge >= 0.3 is 0 Å². The van der Waals surface area contributed by atoms with Gasteiger partial charge in [-0.25, -0.2) is 4.39 Å². The highest BCUT2D eigenvalue weighted by Crippen LogP contribution is 2.41. The Morgan fingerprint density at radius 1 is 0.568 bits per heavy atom. The highest BCUT2D eigenvalue weighted by molar-refractivity contribution is 7.80. The molecule has 0 spiro atoms. The summed E-state index contributed by atoms with van der Waals surface area (Å²) in [7, 11) is 2.42. The van der Waals surface area contributed by atoms with E-state index in [2.05, 4.69) is 91.0 Å². The van der Waals surface area contributed by atoms with Crippen molar-refractivity contribution in [3.8, 4) is 22.6 Å². The maximum absolute atomic E-state index is 15.2. The summed E-state index contributed by atoms with van der Waals surface area (Å²) in [5.41, 5.74) is 5.71. The van der Waals surface area contributed by atoms with Crippen molar-refractivity contribution < 1.29 is 13.9 Å². The van der Waals surface area contributed by atoms with Crippen LogP contribution in [0.2, 0.25) is 0 Å². The number of benzene rings is 6. The van der Waals surface area contributed by atoms with Crippen LogP contribution in [0.4, 0.5) is 4.39 Å². The lowest BCUT2D eigenvalue weighted by Gasteiger charge is -2.24. The van der Waals surface area contributed by atoms with E-state index in [-0.39, 0.29) is 5.82 Å². The van der Waals surface area contributed by atoms with Gasteiger partial charge in [0, 0.05) is 0 Å². The van der Waals surface area contributed by atoms with Crippen LogP contribution < -0.4 is 25.4 Å². The fourth-order valence-corrected chi connectivity index (χ4v) is 7.87. The van der Waals surface area contributed by atoms with Crippen LogP contribution in [0.25, 0.3) is 22.8 Å². The van der Waals surface area contributed by atoms with Gasteiger partial charge in [-0.05, 0) is 99.7 Å². The molecule has 0 atom stereocenters. The molecular weight excluding hydrogens is 562 g/mol. The minimum absolute atomic E-state index is 0.288. The topological polar surface area (TPSA) is 18.5 Å². The van der Waals surface area contributed by atoms with E-state index >= 15 is 4.39 Å². The number of ether oxygens (including phenoxy) is 2. The molecule has 0 aliphatic heterocycles. The summed E-state index contributed by atoms with van der Waals surface area (Å²) in [6.45, 7) is 0. The summed E-state index contributed by atoms with van der Waals surface area (Å²) in [5, 5.41) is 3.73. The van der Waals surface area contributed by atoms with E-state index in [4.69, 9.17) is 9.47 Å². The average molecular weight is 595 g/mol. The molecule has 0 amide bonds. The van der Waals surface area contributed by atoms with Gasteiger partial charge in [0.1, 0.15) is 17.3 Å². The first-order chi connectivity index (χ1) is 21.6. The Morgan fingerprint density at radius 3 is 1.70 bits per heavy atom. The molecule has 4 heteroatoms. The quantitative estimate of drug-likeness (QED) is 0.123. The minimum Gasteiger partial charge on any atom is -0.497 e. The Bertz CT molecular complexity index is 1830. The second kappa shape index (κ2) is 13.5. The zero-order valence-corrected chi connectivity index (χ0v) is 25.5. The van der Waals surface area contributed by atoms with Gasteiger partial charge in [0.05, 0.1) is 14.2 Å². The molecule has 2 nitrogen and oxygen atoms in total. The fraction of sp³-hybridized carbons (Fsp3) is 0.0500. The second-order valence-electron chi connectivity index (χ2n) is 10.3. The third kappa shape index (κ3) is 6.34. The predicted octanol–water partition coefficient (Wildman–Crippen LogP) is 8.86. The van der Waals surface area contributed by atoms with Gasteiger partial charge in [0.2, 0.25) is 0 Å². The van der Waals surface area contributed by atoms with Gasteiger partial charge in [-0.2, -0.15) is 0 Å². The summed E-state index contributed by atoms with van der Waals surface area (Å²) < 4.78 is 26.1. The van der Waals surface area contributed by atoms with Crippen LogP contribution in [-0.4, -0.2) is 14.2 Å². The van der Waals surface area contributed by atoms with Crippen molar-refractivity contribution in [3.05, 3.63) is 174 Å². The van der Waals surface area contributed by atoms with Crippen molar-refractivity contribution in [2.24, 2.45) is 0 Å². The molecule has 6 rings (SSSR count). The maximum atomic E-state index is 15.2. The first-order valence-electron chi connectivity index (χ1n) is 14.4. The molecule has 0 bridgehead atoms. The molecule has 0 saturated heterocycles. The van der Waals surface area contributed by atoms with Crippen LogP contribution in [0.15, 0.2) is 152 Å². The van der Waals surface area contributed by atoms with Gasteiger partial charge in [-0.1, -0.05) is 115 Å². The van der Waals surface area contributed by atoms with E-state index < -0.39 is 7.92 Å². The van der Waals surface area contributed by atoms with Crippen LogP contribution in [-0.2, 0) is 0 Å². The van der Waals surface area contributed by atoms with Crippen molar-refractivity contribution in [1.29, 1.82) is 0 Å². The highest BCUT2D eigenvalue weighted by Gasteiger charge is 2.22. The van der Waals surface area contributed by atoms with E-state index in [9.17, 15) is 0 Å². The standard InChI is InChI=1S/C40H32FO2P/c1-42-32-22-17-29(18-23-32)27-38(30-19-24-33(43-2)25-20-30)39-28-31(41)21-26-36(39)37-15-9-10-16-40(37)44(34-11-5-3-6-12-34)35-13-7-4-8-14-35/h3-28H,1-2H3/b38-27+. The van der Waals surface area contributed by atoms with Gasteiger partial charge < -0.3 is 9.47 Å². The summed E-state index contributed by atoms with van der Waals surface area (Å²) in [4.78, 5) is 0. The zero-order valence-electron chi connectivity index (χ0n) is 24.7. The van der Waals surface area contributed by atoms with E-state index in [0.29, 0.717) is 0 Å². The molecule has 0 N–H and O–H groups in total. The lowest BCUT2D eigenvalue weighted by atomic mass is 9.89. The molecule has 0 radical (unpaired) electrons. The van der Waals surface area contributed by atoms with Crippen molar-refractivity contribution in [3.63, 3.8) is 0 Å². The van der Waals surface area contributed by atoms with Crippen molar-refractivity contribution >= 4 is 35.5 Å². The summed E-state index contributed by atoms with van der Waals surface area (Å²) in [5.74, 6) is 1.26. The molecule has 0 aliphatic rings. The van der Waals surface area contributed by atoms with Crippen LogP contribution in [0.5, 0.6) is 11.5 Å². The maximum Gasteiger partial charge on any atom is 0.123 e. The largest absolute Gasteiger partial charge is 0.497 e. The van der Waals surface area contributed by atoms with E-state index in [0.717, 1.165) is 44.9 Å². The Kier molecular flexibility index (Phi) is 8.96. The van der Waals surface area contributed by atoms with E-state index in [1.165, 1.54) is 15.9 Å². The molecule has 0 saturated carbocycles. The number of rotatable bonds is 9. The Hall–Kier alpha value is -4.98. The smallest absolute Gasteiger partial charge is 0.123 e. The first-order valence-corrected chi connectivity index (χ1v) is 15.8. The fourth-order valence-electron chi connectivity index (χ4n) is 5.41. The molecule has 0 aliphatic carbocycles. The van der Waals surface area contributed by atoms with E-state index in [1.807, 2.05) is 54.6 Å². The summed E-state index contributed by atoms with van der Waals surface area (Å²) in [6, 6.07) is 50.8. The first kappa shape index (κ1) is 29.1. The Labute approximate surface area is 259 Å². The van der Waals surface area contributed by atoms with Crippen LogP contribution >= 0.6 is 7.92 Å². The highest BCUT2D eigenvalue weighted by atomic mass is 31.1.